The third-order valence-electron chi connectivity index (χ3n) is 2.85. The standard InChI is InChI=1S/C15H15FN2O2/c1-11(18-19)14-9-13(16)4-5-15(14)20-8-6-12-3-2-7-17-10-12/h2-5,7,9-10,19H,6,8H2,1H3/b18-11-. The van der Waals surface area contributed by atoms with E-state index in [-0.39, 0.29) is 0 Å². The van der Waals surface area contributed by atoms with Crippen molar-refractivity contribution in [1.82, 2.24) is 4.98 Å². The molecule has 0 saturated carbocycles. The summed E-state index contributed by atoms with van der Waals surface area (Å²) < 4.78 is 18.9. The van der Waals surface area contributed by atoms with Crippen molar-refractivity contribution in [1.29, 1.82) is 0 Å². The molecule has 0 unspecified atom stereocenters. The molecule has 0 fully saturated rings. The lowest BCUT2D eigenvalue weighted by Gasteiger charge is -2.11. The van der Waals surface area contributed by atoms with Gasteiger partial charge in [-0.15, -0.1) is 0 Å². The zero-order valence-corrected chi connectivity index (χ0v) is 11.1. The zero-order valence-electron chi connectivity index (χ0n) is 11.1. The van der Waals surface area contributed by atoms with E-state index in [9.17, 15) is 4.39 Å². The van der Waals surface area contributed by atoms with Crippen LogP contribution in [0.1, 0.15) is 18.1 Å². The maximum absolute atomic E-state index is 13.2. The molecule has 104 valence electrons. The van der Waals surface area contributed by atoms with Crippen LogP contribution in [0.3, 0.4) is 0 Å². The fourth-order valence-corrected chi connectivity index (χ4v) is 1.79. The fraction of sp³-hybridized carbons (Fsp3) is 0.200. The topological polar surface area (TPSA) is 54.7 Å². The highest BCUT2D eigenvalue weighted by Crippen LogP contribution is 2.21. The number of nitrogens with zero attached hydrogens (tertiary/aromatic N) is 2. The molecule has 20 heavy (non-hydrogen) atoms. The first kappa shape index (κ1) is 14.0. The largest absolute Gasteiger partial charge is 0.493 e. The van der Waals surface area contributed by atoms with E-state index >= 15 is 0 Å². The Bertz CT molecular complexity index is 600. The third kappa shape index (κ3) is 3.54. The van der Waals surface area contributed by atoms with Gasteiger partial charge in [-0.3, -0.25) is 4.98 Å². The van der Waals surface area contributed by atoms with Gasteiger partial charge < -0.3 is 9.94 Å². The highest BCUT2D eigenvalue weighted by atomic mass is 19.1. The van der Waals surface area contributed by atoms with Crippen LogP contribution in [0, 0.1) is 5.82 Å². The van der Waals surface area contributed by atoms with Crippen molar-refractivity contribution < 1.29 is 14.3 Å². The molecule has 2 rings (SSSR count). The van der Waals surface area contributed by atoms with E-state index in [0.717, 1.165) is 5.56 Å². The molecule has 0 aliphatic carbocycles. The van der Waals surface area contributed by atoms with Crippen molar-refractivity contribution in [2.75, 3.05) is 6.61 Å². The van der Waals surface area contributed by atoms with Crippen molar-refractivity contribution >= 4 is 5.71 Å². The molecule has 1 heterocycles. The number of halogens is 1. The van der Waals surface area contributed by atoms with Crippen LogP contribution in [-0.2, 0) is 6.42 Å². The van der Waals surface area contributed by atoms with E-state index < -0.39 is 5.82 Å². The van der Waals surface area contributed by atoms with Crippen molar-refractivity contribution in [3.8, 4) is 5.75 Å². The van der Waals surface area contributed by atoms with E-state index in [1.807, 2.05) is 12.1 Å². The van der Waals surface area contributed by atoms with Crippen LogP contribution < -0.4 is 4.74 Å². The molecule has 5 heteroatoms. The van der Waals surface area contributed by atoms with Crippen LogP contribution in [0.2, 0.25) is 0 Å². The molecular formula is C15H15FN2O2. The highest BCUT2D eigenvalue weighted by Gasteiger charge is 2.09. The SMILES string of the molecule is C/C(=N/O)c1cc(F)ccc1OCCc1cccnc1. The van der Waals surface area contributed by atoms with Crippen molar-refractivity contribution in [2.45, 2.75) is 13.3 Å². The first-order chi connectivity index (χ1) is 9.70. The van der Waals surface area contributed by atoms with Crippen molar-refractivity contribution in [2.24, 2.45) is 5.16 Å². The first-order valence-corrected chi connectivity index (χ1v) is 6.21. The van der Waals surface area contributed by atoms with Gasteiger partial charge in [0.1, 0.15) is 11.6 Å². The Balaban J connectivity index is 2.06. The minimum atomic E-state index is -0.400. The number of pyridine rings is 1. The summed E-state index contributed by atoms with van der Waals surface area (Å²) in [6.07, 6.45) is 4.18. The van der Waals surface area contributed by atoms with Crippen LogP contribution in [0.15, 0.2) is 47.9 Å². The first-order valence-electron chi connectivity index (χ1n) is 6.21. The monoisotopic (exact) mass is 274 g/mol. The van der Waals surface area contributed by atoms with Gasteiger partial charge in [-0.25, -0.2) is 4.39 Å². The van der Waals surface area contributed by atoms with E-state index in [4.69, 9.17) is 9.94 Å². The van der Waals surface area contributed by atoms with Gasteiger partial charge in [-0.1, -0.05) is 11.2 Å². The van der Waals surface area contributed by atoms with E-state index in [1.165, 1.54) is 18.2 Å². The second-order valence-electron chi connectivity index (χ2n) is 4.29. The summed E-state index contributed by atoms with van der Waals surface area (Å²) in [6.45, 7) is 2.02. The predicted molar refractivity (Wildman–Crippen MR) is 73.8 cm³/mol. The van der Waals surface area contributed by atoms with E-state index in [2.05, 4.69) is 10.1 Å². The molecule has 2 aromatic rings. The number of ether oxygens (including phenoxy) is 1. The number of oxime groups is 1. The predicted octanol–water partition coefficient (Wildman–Crippen LogP) is 3.04. The quantitative estimate of drug-likeness (QED) is 0.518. The Hall–Kier alpha value is -2.43. The maximum atomic E-state index is 13.2. The molecule has 0 aliphatic rings. The molecular weight excluding hydrogens is 259 g/mol. The Morgan fingerprint density at radius 1 is 1.40 bits per heavy atom. The molecule has 1 aromatic heterocycles. The molecule has 0 bridgehead atoms. The number of aromatic nitrogens is 1. The van der Waals surface area contributed by atoms with Gasteiger partial charge in [-0.05, 0) is 36.8 Å². The molecule has 0 aliphatic heterocycles. The molecule has 0 saturated heterocycles. The summed E-state index contributed by atoms with van der Waals surface area (Å²) in [4.78, 5) is 4.02. The fourth-order valence-electron chi connectivity index (χ4n) is 1.79. The van der Waals surface area contributed by atoms with Crippen LogP contribution in [0.25, 0.3) is 0 Å². The summed E-state index contributed by atoms with van der Waals surface area (Å²) in [7, 11) is 0. The summed E-state index contributed by atoms with van der Waals surface area (Å²) >= 11 is 0. The van der Waals surface area contributed by atoms with Crippen LogP contribution in [0.4, 0.5) is 4.39 Å². The minimum absolute atomic E-state index is 0.306. The summed E-state index contributed by atoms with van der Waals surface area (Å²) in [6, 6.07) is 7.95. The smallest absolute Gasteiger partial charge is 0.128 e. The number of benzene rings is 1. The van der Waals surface area contributed by atoms with E-state index in [0.29, 0.717) is 30.1 Å². The van der Waals surface area contributed by atoms with Crippen LogP contribution in [-0.4, -0.2) is 22.5 Å². The van der Waals surface area contributed by atoms with Crippen molar-refractivity contribution in [3.05, 3.63) is 59.7 Å². The molecule has 1 aromatic carbocycles. The Labute approximate surface area is 116 Å². The molecule has 0 radical (unpaired) electrons. The Morgan fingerprint density at radius 2 is 2.25 bits per heavy atom. The van der Waals surface area contributed by atoms with Gasteiger partial charge in [0.05, 0.1) is 12.3 Å². The van der Waals surface area contributed by atoms with Gasteiger partial charge in [0.2, 0.25) is 0 Å². The molecule has 1 N–H and O–H groups in total. The second kappa shape index (κ2) is 6.65. The Kier molecular flexibility index (Phi) is 4.65. The molecule has 0 amide bonds. The Morgan fingerprint density at radius 3 is 2.95 bits per heavy atom. The van der Waals surface area contributed by atoms with Gasteiger partial charge >= 0.3 is 0 Å². The summed E-state index contributed by atoms with van der Waals surface area (Å²) in [5.41, 5.74) is 1.81. The van der Waals surface area contributed by atoms with Crippen LogP contribution >= 0.6 is 0 Å². The maximum Gasteiger partial charge on any atom is 0.128 e. The normalized spacial score (nSPS) is 11.4. The molecule has 0 atom stereocenters. The summed E-state index contributed by atoms with van der Waals surface area (Å²) in [5, 5.41) is 11.9. The van der Waals surface area contributed by atoms with Gasteiger partial charge in [0.15, 0.2) is 0 Å². The number of hydrogen-bond donors (Lipinski definition) is 1. The van der Waals surface area contributed by atoms with E-state index in [1.54, 1.807) is 19.3 Å². The van der Waals surface area contributed by atoms with Crippen molar-refractivity contribution in [3.63, 3.8) is 0 Å². The van der Waals surface area contributed by atoms with Crippen LogP contribution in [0.5, 0.6) is 5.75 Å². The summed E-state index contributed by atoms with van der Waals surface area (Å²) in [5.74, 6) is 0.0909. The molecule has 4 nitrogen and oxygen atoms in total. The average molecular weight is 274 g/mol. The average Bonchev–Trinajstić information content (AvgIpc) is 2.49. The third-order valence-corrected chi connectivity index (χ3v) is 2.85. The van der Waals surface area contributed by atoms with Gasteiger partial charge in [0, 0.05) is 24.4 Å². The lowest BCUT2D eigenvalue weighted by Crippen LogP contribution is -2.06. The second-order valence-corrected chi connectivity index (χ2v) is 4.29. The molecule has 0 spiro atoms. The van der Waals surface area contributed by atoms with Gasteiger partial charge in [0.25, 0.3) is 0 Å². The minimum Gasteiger partial charge on any atom is -0.493 e. The highest BCUT2D eigenvalue weighted by molar-refractivity contribution is 6.00. The zero-order chi connectivity index (χ0) is 14.4. The number of rotatable bonds is 5. The lowest BCUT2D eigenvalue weighted by atomic mass is 10.1. The lowest BCUT2D eigenvalue weighted by molar-refractivity contribution is 0.313. The number of hydrogen-bond acceptors (Lipinski definition) is 4. The van der Waals surface area contributed by atoms with Gasteiger partial charge in [-0.2, -0.15) is 0 Å².